The Kier molecular flexibility index (Phi) is 2.83. The third kappa shape index (κ3) is 1.86. The first-order valence-electron chi connectivity index (χ1n) is 6.63. The first-order chi connectivity index (χ1) is 8.09. The van der Waals surface area contributed by atoms with Crippen LogP contribution < -0.4 is 5.73 Å². The molecule has 0 spiro atoms. The minimum atomic E-state index is -0.181. The first kappa shape index (κ1) is 11.7. The second-order valence-corrected chi connectivity index (χ2v) is 6.90. The lowest BCUT2D eigenvalue weighted by molar-refractivity contribution is 0.203. The molecule has 1 aromatic rings. The molecule has 0 heterocycles. The number of benzene rings is 1. The van der Waals surface area contributed by atoms with Crippen LogP contribution in [-0.2, 0) is 5.54 Å². The van der Waals surface area contributed by atoms with E-state index in [1.807, 2.05) is 0 Å². The third-order valence-electron chi connectivity index (χ3n) is 4.96. The van der Waals surface area contributed by atoms with Crippen LogP contribution in [0.5, 0.6) is 0 Å². The number of nitrogens with two attached hydrogens (primary N) is 1. The number of fused-ring (bicyclic) bond motifs is 2. The van der Waals surface area contributed by atoms with E-state index in [4.69, 9.17) is 5.73 Å². The highest BCUT2D eigenvalue weighted by Crippen LogP contribution is 2.54. The SMILES string of the molecule is CC(N)(c1ccccc1Br)C1CC2CCC1C2. The molecule has 0 amide bonds. The lowest BCUT2D eigenvalue weighted by Gasteiger charge is -2.38. The summed E-state index contributed by atoms with van der Waals surface area (Å²) in [4.78, 5) is 0. The topological polar surface area (TPSA) is 26.0 Å². The van der Waals surface area contributed by atoms with Crippen molar-refractivity contribution in [1.82, 2.24) is 0 Å². The number of hydrogen-bond donors (Lipinski definition) is 1. The second kappa shape index (κ2) is 4.10. The van der Waals surface area contributed by atoms with E-state index in [0.717, 1.165) is 16.3 Å². The van der Waals surface area contributed by atoms with Crippen molar-refractivity contribution in [2.75, 3.05) is 0 Å². The van der Waals surface area contributed by atoms with Crippen molar-refractivity contribution in [1.29, 1.82) is 0 Å². The van der Waals surface area contributed by atoms with Crippen LogP contribution in [0.3, 0.4) is 0 Å². The monoisotopic (exact) mass is 293 g/mol. The predicted octanol–water partition coefficient (Wildman–Crippen LogP) is 4.06. The van der Waals surface area contributed by atoms with Gasteiger partial charge in [0.2, 0.25) is 0 Å². The van der Waals surface area contributed by atoms with Crippen LogP contribution in [0.25, 0.3) is 0 Å². The van der Waals surface area contributed by atoms with Crippen LogP contribution in [0.2, 0.25) is 0 Å². The number of hydrogen-bond acceptors (Lipinski definition) is 1. The van der Waals surface area contributed by atoms with Gasteiger partial charge in [0.15, 0.2) is 0 Å². The van der Waals surface area contributed by atoms with Crippen molar-refractivity contribution >= 4 is 15.9 Å². The first-order valence-corrected chi connectivity index (χ1v) is 7.42. The molecule has 2 fully saturated rings. The van der Waals surface area contributed by atoms with Crippen molar-refractivity contribution in [2.24, 2.45) is 23.5 Å². The van der Waals surface area contributed by atoms with Crippen molar-refractivity contribution in [3.8, 4) is 0 Å². The van der Waals surface area contributed by atoms with Gasteiger partial charge in [-0.25, -0.2) is 0 Å². The number of halogens is 1. The van der Waals surface area contributed by atoms with Gasteiger partial charge in [-0.3, -0.25) is 0 Å². The molecule has 0 radical (unpaired) electrons. The largest absolute Gasteiger partial charge is 0.321 e. The molecule has 1 nitrogen and oxygen atoms in total. The van der Waals surface area contributed by atoms with Gasteiger partial charge in [0.05, 0.1) is 0 Å². The highest BCUT2D eigenvalue weighted by atomic mass is 79.9. The summed E-state index contributed by atoms with van der Waals surface area (Å²) >= 11 is 3.65. The van der Waals surface area contributed by atoms with Gasteiger partial charge < -0.3 is 5.73 Å². The molecular formula is C15H20BrN. The van der Waals surface area contributed by atoms with E-state index < -0.39 is 0 Å². The van der Waals surface area contributed by atoms with Gasteiger partial charge in [-0.15, -0.1) is 0 Å². The average molecular weight is 294 g/mol. The molecule has 2 bridgehead atoms. The standard InChI is InChI=1S/C15H20BrN/c1-15(17,12-4-2-3-5-14(12)16)13-9-10-6-7-11(13)8-10/h2-5,10-11,13H,6-9,17H2,1H3. The van der Waals surface area contributed by atoms with Crippen molar-refractivity contribution in [3.63, 3.8) is 0 Å². The molecule has 2 N–H and O–H groups in total. The molecule has 3 rings (SSSR count). The Balaban J connectivity index is 1.93. The Morgan fingerprint density at radius 1 is 1.24 bits per heavy atom. The summed E-state index contributed by atoms with van der Waals surface area (Å²) in [7, 11) is 0. The van der Waals surface area contributed by atoms with Crippen LogP contribution in [0.15, 0.2) is 28.7 Å². The lowest BCUT2D eigenvalue weighted by atomic mass is 9.72. The Morgan fingerprint density at radius 2 is 2.00 bits per heavy atom. The molecule has 2 heteroatoms. The molecule has 92 valence electrons. The highest BCUT2D eigenvalue weighted by molar-refractivity contribution is 9.10. The second-order valence-electron chi connectivity index (χ2n) is 6.04. The van der Waals surface area contributed by atoms with Gasteiger partial charge in [-0.2, -0.15) is 0 Å². The molecule has 0 aromatic heterocycles. The fourth-order valence-corrected chi connectivity index (χ4v) is 4.79. The lowest BCUT2D eigenvalue weighted by Crippen LogP contribution is -2.43. The average Bonchev–Trinajstić information content (AvgIpc) is 2.91. The van der Waals surface area contributed by atoms with Crippen molar-refractivity contribution < 1.29 is 0 Å². The molecule has 1 aromatic carbocycles. The van der Waals surface area contributed by atoms with E-state index in [2.05, 4.69) is 47.1 Å². The molecule has 2 aliphatic carbocycles. The Bertz CT molecular complexity index is 427. The van der Waals surface area contributed by atoms with Crippen molar-refractivity contribution in [2.45, 2.75) is 38.1 Å². The van der Waals surface area contributed by atoms with Gasteiger partial charge >= 0.3 is 0 Å². The molecular weight excluding hydrogens is 274 g/mol. The van der Waals surface area contributed by atoms with Crippen LogP contribution >= 0.6 is 15.9 Å². The summed E-state index contributed by atoms with van der Waals surface area (Å²) in [6.45, 7) is 2.22. The molecule has 4 unspecified atom stereocenters. The Hall–Kier alpha value is -0.340. The van der Waals surface area contributed by atoms with Gasteiger partial charge in [0.25, 0.3) is 0 Å². The van der Waals surface area contributed by atoms with Crippen LogP contribution in [0.4, 0.5) is 0 Å². The zero-order chi connectivity index (χ0) is 12.0. The minimum absolute atomic E-state index is 0.181. The summed E-state index contributed by atoms with van der Waals surface area (Å²) in [6, 6.07) is 8.44. The zero-order valence-corrected chi connectivity index (χ0v) is 11.9. The Morgan fingerprint density at radius 3 is 2.59 bits per heavy atom. The molecule has 17 heavy (non-hydrogen) atoms. The van der Waals surface area contributed by atoms with Crippen molar-refractivity contribution in [3.05, 3.63) is 34.3 Å². The van der Waals surface area contributed by atoms with Gasteiger partial charge in [0.1, 0.15) is 0 Å². The van der Waals surface area contributed by atoms with E-state index in [9.17, 15) is 0 Å². The summed E-state index contributed by atoms with van der Waals surface area (Å²) in [5.74, 6) is 2.48. The molecule has 2 aliphatic rings. The fourth-order valence-electron chi connectivity index (χ4n) is 4.08. The maximum atomic E-state index is 6.70. The van der Waals surface area contributed by atoms with Crippen LogP contribution in [-0.4, -0.2) is 0 Å². The molecule has 0 saturated heterocycles. The highest BCUT2D eigenvalue weighted by Gasteiger charge is 2.47. The molecule has 0 aliphatic heterocycles. The summed E-state index contributed by atoms with van der Waals surface area (Å²) in [5.41, 5.74) is 7.80. The number of rotatable bonds is 2. The quantitative estimate of drug-likeness (QED) is 0.874. The van der Waals surface area contributed by atoms with Gasteiger partial charge in [-0.05, 0) is 55.6 Å². The van der Waals surface area contributed by atoms with Gasteiger partial charge in [-0.1, -0.05) is 40.5 Å². The summed E-state index contributed by atoms with van der Waals surface area (Å²) in [5, 5.41) is 0. The fraction of sp³-hybridized carbons (Fsp3) is 0.600. The maximum Gasteiger partial charge on any atom is 0.0423 e. The van der Waals surface area contributed by atoms with Crippen LogP contribution in [0.1, 0.15) is 38.2 Å². The van der Waals surface area contributed by atoms with E-state index >= 15 is 0 Å². The molecule has 4 atom stereocenters. The summed E-state index contributed by atoms with van der Waals surface area (Å²) < 4.78 is 1.16. The zero-order valence-electron chi connectivity index (χ0n) is 10.3. The van der Waals surface area contributed by atoms with E-state index in [-0.39, 0.29) is 5.54 Å². The van der Waals surface area contributed by atoms with E-state index in [1.165, 1.54) is 31.2 Å². The van der Waals surface area contributed by atoms with Crippen LogP contribution in [0, 0.1) is 17.8 Å². The predicted molar refractivity (Wildman–Crippen MR) is 74.6 cm³/mol. The third-order valence-corrected chi connectivity index (χ3v) is 5.65. The van der Waals surface area contributed by atoms with Gasteiger partial charge in [0, 0.05) is 10.0 Å². The smallest absolute Gasteiger partial charge is 0.0423 e. The van der Waals surface area contributed by atoms with E-state index in [0.29, 0.717) is 5.92 Å². The summed E-state index contributed by atoms with van der Waals surface area (Å²) in [6.07, 6.45) is 5.58. The van der Waals surface area contributed by atoms with E-state index in [1.54, 1.807) is 0 Å². The molecule has 2 saturated carbocycles. The minimum Gasteiger partial charge on any atom is -0.321 e. The maximum absolute atomic E-state index is 6.70. The normalized spacial score (nSPS) is 34.9. The Labute approximate surface area is 112 Å².